The first-order valence-corrected chi connectivity index (χ1v) is 13.8. The number of primary sulfonamides is 1. The van der Waals surface area contributed by atoms with Crippen molar-refractivity contribution >= 4 is 33.2 Å². The maximum atomic E-state index is 14.0. The molecule has 0 aliphatic carbocycles. The molecule has 40 heavy (non-hydrogen) atoms. The van der Waals surface area contributed by atoms with E-state index in [4.69, 9.17) is 17.4 Å². The number of thiocarbonyl (C=S) groups is 1. The minimum Gasteiger partial charge on any atom is -0.352 e. The number of rotatable bonds is 4. The van der Waals surface area contributed by atoms with Crippen LogP contribution >= 0.6 is 12.2 Å². The van der Waals surface area contributed by atoms with Crippen LogP contribution in [0.15, 0.2) is 72.1 Å². The highest BCUT2D eigenvalue weighted by Crippen LogP contribution is 2.41. The molecule has 0 spiro atoms. The third kappa shape index (κ3) is 5.66. The molecule has 2 aromatic carbocycles. The molecule has 4 aromatic rings. The number of halogens is 4. The summed E-state index contributed by atoms with van der Waals surface area (Å²) in [4.78, 5) is 15.1. The van der Waals surface area contributed by atoms with Crippen molar-refractivity contribution in [2.45, 2.75) is 11.1 Å². The van der Waals surface area contributed by atoms with Gasteiger partial charge in [-0.3, -0.25) is 4.57 Å². The maximum Gasteiger partial charge on any atom is 0.451 e. The predicted octanol–water partition coefficient (Wildman–Crippen LogP) is 3.77. The van der Waals surface area contributed by atoms with Crippen molar-refractivity contribution in [3.8, 4) is 22.4 Å². The highest BCUT2D eigenvalue weighted by atomic mass is 32.2. The molecule has 2 N–H and O–H groups in total. The Labute approximate surface area is 232 Å². The Morgan fingerprint density at radius 1 is 0.975 bits per heavy atom. The fraction of sp³-hybridized carbons (Fsp3) is 0.200. The molecule has 2 aromatic heterocycles. The molecule has 5 rings (SSSR count). The summed E-state index contributed by atoms with van der Waals surface area (Å²) in [5, 5.41) is 5.82. The molecule has 1 fully saturated rings. The molecule has 15 heteroatoms. The zero-order valence-electron chi connectivity index (χ0n) is 20.6. The summed E-state index contributed by atoms with van der Waals surface area (Å²) in [6, 6.07) is 10.3. The van der Waals surface area contributed by atoms with Crippen LogP contribution in [0.25, 0.3) is 22.4 Å². The lowest BCUT2D eigenvalue weighted by Crippen LogP contribution is -2.50. The van der Waals surface area contributed by atoms with Gasteiger partial charge in [0.05, 0.1) is 16.2 Å². The van der Waals surface area contributed by atoms with Gasteiger partial charge >= 0.3 is 6.18 Å². The summed E-state index contributed by atoms with van der Waals surface area (Å²) in [6.07, 6.45) is -0.0586. The topological polar surface area (TPSA) is 110 Å². The molecular weight excluding hydrogens is 570 g/mol. The van der Waals surface area contributed by atoms with Crippen molar-refractivity contribution in [1.82, 2.24) is 24.4 Å². The first kappa shape index (κ1) is 27.6. The zero-order valence-corrected chi connectivity index (χ0v) is 22.2. The van der Waals surface area contributed by atoms with Crippen LogP contribution in [-0.4, -0.2) is 64.1 Å². The Bertz CT molecular complexity index is 1650. The summed E-state index contributed by atoms with van der Waals surface area (Å²) in [5.41, 5.74) is 0.424. The molecule has 0 unspecified atom stereocenters. The van der Waals surface area contributed by atoms with Gasteiger partial charge in [0, 0.05) is 44.1 Å². The van der Waals surface area contributed by atoms with Crippen molar-refractivity contribution in [2.24, 2.45) is 5.14 Å². The van der Waals surface area contributed by atoms with Crippen LogP contribution in [0.4, 0.5) is 23.4 Å². The summed E-state index contributed by atoms with van der Waals surface area (Å²) in [5.74, 6) is -2.03. The van der Waals surface area contributed by atoms with Crippen LogP contribution < -0.4 is 10.0 Å². The van der Waals surface area contributed by atoms with Gasteiger partial charge in [0.2, 0.25) is 15.8 Å². The van der Waals surface area contributed by atoms with Crippen LogP contribution in [0.3, 0.4) is 0 Å². The summed E-state index contributed by atoms with van der Waals surface area (Å²) in [6.45, 7) is 1.22. The van der Waals surface area contributed by atoms with E-state index in [1.54, 1.807) is 28.2 Å². The smallest absolute Gasteiger partial charge is 0.352 e. The number of hydrogen-bond acceptors (Lipinski definition) is 7. The van der Waals surface area contributed by atoms with Gasteiger partial charge in [-0.15, -0.1) is 0 Å². The number of nitrogens with zero attached hydrogens (tertiary/aromatic N) is 6. The normalized spacial score (nSPS) is 14.4. The first-order chi connectivity index (χ1) is 18.9. The van der Waals surface area contributed by atoms with Crippen LogP contribution in [-0.2, 0) is 16.2 Å². The zero-order chi connectivity index (χ0) is 28.7. The van der Waals surface area contributed by atoms with Crippen LogP contribution in [0.2, 0.25) is 0 Å². The Morgan fingerprint density at radius 3 is 2.27 bits per heavy atom. The average molecular weight is 592 g/mol. The fourth-order valence-electron chi connectivity index (χ4n) is 4.36. The highest BCUT2D eigenvalue weighted by Gasteiger charge is 2.38. The summed E-state index contributed by atoms with van der Waals surface area (Å²) < 4.78 is 81.7. The third-order valence-corrected chi connectivity index (χ3v) is 7.67. The second-order valence-corrected chi connectivity index (χ2v) is 10.8. The lowest BCUT2D eigenvalue weighted by Gasteiger charge is -2.37. The molecule has 1 aliphatic heterocycles. The van der Waals surface area contributed by atoms with Crippen LogP contribution in [0.1, 0.15) is 5.82 Å². The predicted molar refractivity (Wildman–Crippen MR) is 143 cm³/mol. The standard InChI is InChI=1S/C25H21F4N7O2S2/c26-18-6-4-16(5-7-18)21-20(17-2-1-3-19(14-17)40(30,37)38)22(33-23(32-21)25(27,28)29)34-10-12-35(13-11-34)24(39)36-9-8-31-15-36/h1-9,14-15H,10-13H2,(H2,30,37,38). The minimum atomic E-state index is -4.89. The van der Waals surface area contributed by atoms with E-state index in [1.165, 1.54) is 36.4 Å². The van der Waals surface area contributed by atoms with E-state index >= 15 is 0 Å². The van der Waals surface area contributed by atoms with Crippen molar-refractivity contribution in [2.75, 3.05) is 31.1 Å². The Morgan fingerprint density at radius 2 is 1.68 bits per heavy atom. The number of piperazine rings is 1. The Kier molecular flexibility index (Phi) is 7.29. The molecule has 3 heterocycles. The average Bonchev–Trinajstić information content (AvgIpc) is 3.47. The van der Waals surface area contributed by atoms with Gasteiger partial charge in [-0.2, -0.15) is 13.2 Å². The molecule has 0 saturated carbocycles. The van der Waals surface area contributed by atoms with Crippen molar-refractivity contribution in [3.05, 3.63) is 78.9 Å². The molecule has 1 saturated heterocycles. The van der Waals surface area contributed by atoms with E-state index in [0.29, 0.717) is 18.2 Å². The number of hydrogen-bond donors (Lipinski definition) is 1. The lowest BCUT2D eigenvalue weighted by molar-refractivity contribution is -0.144. The summed E-state index contributed by atoms with van der Waals surface area (Å²) >= 11 is 5.52. The number of benzene rings is 2. The van der Waals surface area contributed by atoms with E-state index in [1.807, 2.05) is 4.90 Å². The van der Waals surface area contributed by atoms with Gasteiger partial charge in [0.1, 0.15) is 18.0 Å². The SMILES string of the molecule is NS(=O)(=O)c1cccc(-c2c(-c3ccc(F)cc3)nc(C(F)(F)F)nc2N2CCN(C(=S)n3ccnc3)CC2)c1. The van der Waals surface area contributed by atoms with E-state index in [0.717, 1.165) is 12.1 Å². The maximum absolute atomic E-state index is 14.0. The Hall–Kier alpha value is -3.95. The van der Waals surface area contributed by atoms with Crippen molar-refractivity contribution < 1.29 is 26.0 Å². The van der Waals surface area contributed by atoms with Gasteiger partial charge in [0.25, 0.3) is 0 Å². The largest absolute Gasteiger partial charge is 0.451 e. The second kappa shape index (κ2) is 10.6. The van der Waals surface area contributed by atoms with Gasteiger partial charge in [-0.1, -0.05) is 12.1 Å². The number of aromatic nitrogens is 4. The molecule has 0 amide bonds. The van der Waals surface area contributed by atoms with E-state index in [9.17, 15) is 26.0 Å². The monoisotopic (exact) mass is 591 g/mol. The van der Waals surface area contributed by atoms with Gasteiger partial charge in [0.15, 0.2) is 5.11 Å². The Balaban J connectivity index is 1.66. The number of imidazole rings is 1. The molecule has 0 bridgehead atoms. The summed E-state index contributed by atoms with van der Waals surface area (Å²) in [7, 11) is -4.14. The molecule has 0 atom stereocenters. The fourth-order valence-corrected chi connectivity index (χ4v) is 5.21. The number of alkyl halides is 3. The van der Waals surface area contributed by atoms with Gasteiger partial charge in [-0.25, -0.2) is 32.9 Å². The number of sulfonamides is 1. The number of nitrogens with two attached hydrogens (primary N) is 1. The first-order valence-electron chi connectivity index (χ1n) is 11.8. The molecular formula is C25H21F4N7O2S2. The third-order valence-electron chi connectivity index (χ3n) is 6.29. The molecule has 1 aliphatic rings. The molecule has 208 valence electrons. The molecule has 0 radical (unpaired) electrons. The number of anilines is 1. The van der Waals surface area contributed by atoms with E-state index in [2.05, 4.69) is 15.0 Å². The lowest BCUT2D eigenvalue weighted by atomic mass is 9.98. The second-order valence-electron chi connectivity index (χ2n) is 8.90. The van der Waals surface area contributed by atoms with Crippen molar-refractivity contribution in [1.29, 1.82) is 0 Å². The minimum absolute atomic E-state index is 0.0542. The van der Waals surface area contributed by atoms with Gasteiger partial charge in [-0.05, 0) is 54.2 Å². The van der Waals surface area contributed by atoms with E-state index in [-0.39, 0.29) is 46.2 Å². The van der Waals surface area contributed by atoms with Crippen LogP contribution in [0.5, 0.6) is 0 Å². The molecule has 9 nitrogen and oxygen atoms in total. The quantitative estimate of drug-likeness (QED) is 0.282. The van der Waals surface area contributed by atoms with Crippen molar-refractivity contribution in [3.63, 3.8) is 0 Å². The van der Waals surface area contributed by atoms with Crippen LogP contribution in [0, 0.1) is 5.82 Å². The van der Waals surface area contributed by atoms with Gasteiger partial charge < -0.3 is 9.80 Å². The van der Waals surface area contributed by atoms with E-state index < -0.39 is 27.8 Å². The highest BCUT2D eigenvalue weighted by molar-refractivity contribution is 7.89.